The van der Waals surface area contributed by atoms with Crippen molar-refractivity contribution in [3.63, 3.8) is 0 Å². The normalized spacial score (nSPS) is 22.9. The predicted molar refractivity (Wildman–Crippen MR) is 55.0 cm³/mol. The summed E-state index contributed by atoms with van der Waals surface area (Å²) in [6.45, 7) is -3.00. The predicted octanol–water partition coefficient (Wildman–Crippen LogP) is 3.44. The lowest BCUT2D eigenvalue weighted by Gasteiger charge is -2.16. The highest BCUT2D eigenvalue weighted by Gasteiger charge is 2.65. The first kappa shape index (κ1) is 6.98. The van der Waals surface area contributed by atoms with Crippen molar-refractivity contribution >= 4 is 0 Å². The van der Waals surface area contributed by atoms with Crippen molar-refractivity contribution in [1.29, 1.82) is 0 Å². The van der Waals surface area contributed by atoms with Crippen molar-refractivity contribution in [2.24, 2.45) is 10.2 Å². The minimum Gasteiger partial charge on any atom is -0.496 e. The van der Waals surface area contributed by atoms with Gasteiger partial charge in [-0.25, -0.2) is 0 Å². The van der Waals surface area contributed by atoms with Gasteiger partial charge in [0.1, 0.15) is 5.75 Å². The number of halogens is 3. The van der Waals surface area contributed by atoms with Crippen LogP contribution in [0.25, 0.3) is 0 Å². The molecule has 2 rings (SSSR count). The van der Waals surface area contributed by atoms with E-state index in [1.807, 2.05) is 0 Å². The average molecular weight is 249 g/mol. The topological polar surface area (TPSA) is 34.0 Å². The van der Waals surface area contributed by atoms with Gasteiger partial charge in [0.05, 0.1) is 7.11 Å². The molecule has 17 heavy (non-hydrogen) atoms. The molecule has 1 aromatic carbocycles. The number of aryl methyl sites for hydroxylation is 1. The summed E-state index contributed by atoms with van der Waals surface area (Å²) in [5.74, 6) is -0.306. The van der Waals surface area contributed by atoms with Gasteiger partial charge in [-0.15, -0.1) is 10.2 Å². The average Bonchev–Trinajstić information content (AvgIpc) is 3.17. The van der Waals surface area contributed by atoms with Gasteiger partial charge in [0.15, 0.2) is 0 Å². The van der Waals surface area contributed by atoms with Crippen molar-refractivity contribution in [3.8, 4) is 5.75 Å². The molecule has 0 saturated heterocycles. The van der Waals surface area contributed by atoms with Crippen molar-refractivity contribution in [3.05, 3.63) is 29.3 Å². The van der Waals surface area contributed by atoms with Gasteiger partial charge in [-0.1, -0.05) is 19.0 Å². The molecule has 0 radical (unpaired) electrons. The van der Waals surface area contributed by atoms with Crippen LogP contribution in [-0.2, 0) is 12.0 Å². The Hall–Kier alpha value is -1.59. The van der Waals surface area contributed by atoms with Crippen LogP contribution in [-0.4, -0.2) is 13.3 Å². The summed E-state index contributed by atoms with van der Waals surface area (Å²) < 4.78 is 80.7. The largest absolute Gasteiger partial charge is 0.496 e. The fourth-order valence-electron chi connectivity index (χ4n) is 1.45. The second-order valence-corrected chi connectivity index (χ2v) is 3.41. The van der Waals surface area contributed by atoms with Crippen LogP contribution in [0.1, 0.15) is 24.8 Å². The third-order valence-corrected chi connectivity index (χ3v) is 2.43. The van der Waals surface area contributed by atoms with Gasteiger partial charge in [-0.2, -0.15) is 13.2 Å². The first-order valence-electron chi connectivity index (χ1n) is 7.06. The summed E-state index contributed by atoms with van der Waals surface area (Å²) in [6, 6.07) is 2.82. The minimum atomic E-state index is -4.73. The molecule has 0 bridgehead atoms. The van der Waals surface area contributed by atoms with E-state index in [4.69, 9.17) is 11.6 Å². The number of alkyl halides is 3. The lowest BCUT2D eigenvalue weighted by Crippen LogP contribution is -2.30. The van der Waals surface area contributed by atoms with E-state index in [2.05, 4.69) is 10.2 Å². The molecule has 0 amide bonds. The van der Waals surface area contributed by atoms with E-state index in [0.717, 1.165) is 25.3 Å². The third-order valence-electron chi connectivity index (χ3n) is 2.43. The van der Waals surface area contributed by atoms with E-state index in [-0.39, 0.29) is 16.9 Å². The number of rotatable bonds is 3. The second kappa shape index (κ2) is 3.72. The Bertz CT molecular complexity index is 621. The van der Waals surface area contributed by atoms with E-state index in [9.17, 15) is 13.2 Å². The zero-order valence-electron chi connectivity index (χ0n) is 13.7. The summed E-state index contributed by atoms with van der Waals surface area (Å²) in [5, 5.41) is 6.06. The fraction of sp³-hybridized carbons (Fsp3) is 0.455. The number of nitrogens with zero attached hydrogens (tertiary/aromatic N) is 2. The first-order valence-corrected chi connectivity index (χ1v) is 4.56. The molecule has 92 valence electrons. The van der Waals surface area contributed by atoms with Crippen molar-refractivity contribution < 1.29 is 24.8 Å². The van der Waals surface area contributed by atoms with Crippen molar-refractivity contribution in [2.45, 2.75) is 25.1 Å². The van der Waals surface area contributed by atoms with E-state index < -0.39 is 25.1 Å². The van der Waals surface area contributed by atoms with Gasteiger partial charge in [0.2, 0.25) is 0 Å². The molecule has 0 unspecified atom stereocenters. The lowest BCUT2D eigenvalue weighted by molar-refractivity contribution is -0.166. The zero-order chi connectivity index (χ0) is 17.0. The molecule has 0 aromatic heterocycles. The summed E-state index contributed by atoms with van der Waals surface area (Å²) in [5.41, 5.74) is -3.40. The monoisotopic (exact) mass is 249 g/mol. The molecule has 0 aliphatic carbocycles. The highest BCUT2D eigenvalue weighted by atomic mass is 19.4. The molecule has 1 heterocycles. The molecule has 0 N–H and O–H groups in total. The number of ether oxygens (including phenoxy) is 1. The van der Waals surface area contributed by atoms with Gasteiger partial charge < -0.3 is 4.74 Å². The van der Waals surface area contributed by atoms with Crippen LogP contribution >= 0.6 is 0 Å². The maximum atomic E-state index is 12.9. The van der Waals surface area contributed by atoms with E-state index >= 15 is 0 Å². The number of hydrogen-bond donors (Lipinski definition) is 0. The van der Waals surface area contributed by atoms with Crippen LogP contribution in [0.2, 0.25) is 0 Å². The Morgan fingerprint density at radius 3 is 2.65 bits per heavy atom. The Labute approximate surface area is 103 Å². The Balaban J connectivity index is 2.51. The van der Waals surface area contributed by atoms with Crippen LogP contribution in [0, 0.1) is 0 Å². The number of hydrogen-bond acceptors (Lipinski definition) is 3. The summed E-state index contributed by atoms with van der Waals surface area (Å²) in [7, 11) is 1.11. The fourth-order valence-corrected chi connectivity index (χ4v) is 1.45. The molecule has 6 heteroatoms. The Kier molecular flexibility index (Phi) is 1.53. The smallest absolute Gasteiger partial charge is 0.442 e. The number of benzene rings is 1. The zero-order valence-corrected chi connectivity index (χ0v) is 8.67. The Morgan fingerprint density at radius 2 is 2.18 bits per heavy atom. The molecule has 0 spiro atoms. The summed E-state index contributed by atoms with van der Waals surface area (Å²) >= 11 is 0. The quantitative estimate of drug-likeness (QED) is 0.807. The van der Waals surface area contributed by atoms with E-state index in [1.165, 1.54) is 0 Å². The minimum absolute atomic E-state index is 0.306. The summed E-state index contributed by atoms with van der Waals surface area (Å²) in [6.07, 6.45) is -7.51. The molecule has 0 fully saturated rings. The van der Waals surface area contributed by atoms with Gasteiger partial charge in [-0.3, -0.25) is 0 Å². The van der Waals surface area contributed by atoms with Gasteiger partial charge in [-0.05, 0) is 18.0 Å². The SMILES string of the molecule is [2H]C([2H])([2H])C([2H])([2H])c1ccc(C2(C(F)(F)F)N=N2)cc1OC. The molecular weight excluding hydrogens is 233 g/mol. The molecule has 0 saturated carbocycles. The van der Waals surface area contributed by atoms with Crippen LogP contribution < -0.4 is 4.74 Å². The maximum absolute atomic E-state index is 12.9. The molecule has 1 aromatic rings. The highest BCUT2D eigenvalue weighted by molar-refractivity contribution is 5.42. The second-order valence-electron chi connectivity index (χ2n) is 3.41. The molecule has 1 aliphatic heterocycles. The standard InChI is InChI=1S/C11H11F3N2O/c1-3-7-4-5-8(6-9(7)17-2)10(15-16-10)11(12,13)14/h4-6H,3H2,1-2H3/i1D3,3D2. The van der Waals surface area contributed by atoms with Crippen LogP contribution in [0.3, 0.4) is 0 Å². The van der Waals surface area contributed by atoms with Crippen LogP contribution in [0.15, 0.2) is 28.4 Å². The summed E-state index contributed by atoms with van der Waals surface area (Å²) in [4.78, 5) is 0. The lowest BCUT2D eigenvalue weighted by atomic mass is 9.99. The van der Waals surface area contributed by atoms with Crippen LogP contribution in [0.5, 0.6) is 5.75 Å². The molecule has 1 aliphatic rings. The van der Waals surface area contributed by atoms with Gasteiger partial charge in [0.25, 0.3) is 0 Å². The van der Waals surface area contributed by atoms with E-state index in [1.54, 1.807) is 0 Å². The molecule has 0 atom stereocenters. The van der Waals surface area contributed by atoms with E-state index in [0.29, 0.717) is 0 Å². The number of methoxy groups -OCH3 is 1. The molecular formula is C11H11F3N2O. The highest BCUT2D eigenvalue weighted by Crippen LogP contribution is 2.52. The third kappa shape index (κ3) is 1.77. The Morgan fingerprint density at radius 1 is 1.47 bits per heavy atom. The van der Waals surface area contributed by atoms with Gasteiger partial charge in [0, 0.05) is 12.4 Å². The first-order chi connectivity index (χ1) is 9.87. The van der Waals surface area contributed by atoms with Gasteiger partial charge >= 0.3 is 11.8 Å². The van der Waals surface area contributed by atoms with Crippen molar-refractivity contribution in [2.75, 3.05) is 7.11 Å². The molecule has 3 nitrogen and oxygen atoms in total. The van der Waals surface area contributed by atoms with Crippen LogP contribution in [0.4, 0.5) is 13.2 Å². The van der Waals surface area contributed by atoms with Crippen molar-refractivity contribution in [1.82, 2.24) is 0 Å². The maximum Gasteiger partial charge on any atom is 0.442 e.